The van der Waals surface area contributed by atoms with E-state index in [0.29, 0.717) is 6.04 Å². The fourth-order valence-corrected chi connectivity index (χ4v) is 3.21. The molecule has 17 heavy (non-hydrogen) atoms. The van der Waals surface area contributed by atoms with Crippen LogP contribution in [-0.2, 0) is 11.2 Å². The lowest BCUT2D eigenvalue weighted by Crippen LogP contribution is -2.51. The number of methoxy groups -OCH3 is 1. The van der Waals surface area contributed by atoms with Crippen LogP contribution in [0.15, 0.2) is 5.38 Å². The molecule has 0 amide bonds. The molecule has 0 spiro atoms. The third-order valence-corrected chi connectivity index (χ3v) is 4.62. The third-order valence-electron chi connectivity index (χ3n) is 3.63. The lowest BCUT2D eigenvalue weighted by molar-refractivity contribution is -0.0454. The van der Waals surface area contributed by atoms with Crippen LogP contribution in [0.25, 0.3) is 0 Å². The molecule has 1 unspecified atom stereocenters. The highest BCUT2D eigenvalue weighted by Crippen LogP contribution is 2.27. The van der Waals surface area contributed by atoms with Gasteiger partial charge in [-0.3, -0.25) is 0 Å². The minimum absolute atomic E-state index is 0.0890. The predicted octanol–water partition coefficient (Wildman–Crippen LogP) is 2.79. The molecule has 98 valence electrons. The van der Waals surface area contributed by atoms with Gasteiger partial charge in [-0.15, -0.1) is 11.3 Å². The first-order valence-electron chi connectivity index (χ1n) is 6.25. The van der Waals surface area contributed by atoms with E-state index in [2.05, 4.69) is 29.5 Å². The van der Waals surface area contributed by atoms with E-state index >= 15 is 0 Å². The SMILES string of the molecule is CCC(CC)(OC)C(Cc1nc(C)cs1)NC. The highest BCUT2D eigenvalue weighted by atomic mass is 32.1. The first kappa shape index (κ1) is 14.6. The normalized spacial score (nSPS) is 13.9. The van der Waals surface area contributed by atoms with Crippen molar-refractivity contribution in [3.05, 3.63) is 16.1 Å². The molecule has 1 rings (SSSR count). The van der Waals surface area contributed by atoms with Crippen molar-refractivity contribution >= 4 is 11.3 Å². The highest BCUT2D eigenvalue weighted by Gasteiger charge is 2.35. The number of hydrogen-bond acceptors (Lipinski definition) is 4. The van der Waals surface area contributed by atoms with Crippen molar-refractivity contribution in [2.24, 2.45) is 0 Å². The predicted molar refractivity (Wildman–Crippen MR) is 73.7 cm³/mol. The zero-order valence-corrected chi connectivity index (χ0v) is 12.4. The van der Waals surface area contributed by atoms with E-state index in [1.54, 1.807) is 11.3 Å². The van der Waals surface area contributed by atoms with Crippen molar-refractivity contribution < 1.29 is 4.74 Å². The van der Waals surface area contributed by atoms with E-state index < -0.39 is 0 Å². The summed E-state index contributed by atoms with van der Waals surface area (Å²) in [6, 6.07) is 0.313. The Morgan fingerprint density at radius 3 is 2.47 bits per heavy atom. The van der Waals surface area contributed by atoms with Crippen molar-refractivity contribution in [3.8, 4) is 0 Å². The van der Waals surface area contributed by atoms with E-state index in [1.807, 2.05) is 21.1 Å². The van der Waals surface area contributed by atoms with Gasteiger partial charge in [-0.25, -0.2) is 4.98 Å². The summed E-state index contributed by atoms with van der Waals surface area (Å²) in [5, 5.41) is 6.69. The van der Waals surface area contributed by atoms with Gasteiger partial charge in [-0.2, -0.15) is 0 Å². The monoisotopic (exact) mass is 256 g/mol. The number of hydrogen-bond donors (Lipinski definition) is 1. The molecule has 0 radical (unpaired) electrons. The first-order chi connectivity index (χ1) is 8.11. The van der Waals surface area contributed by atoms with Crippen molar-refractivity contribution in [1.29, 1.82) is 0 Å². The van der Waals surface area contributed by atoms with Gasteiger partial charge < -0.3 is 10.1 Å². The highest BCUT2D eigenvalue weighted by molar-refractivity contribution is 7.09. The molecule has 1 aromatic heterocycles. The smallest absolute Gasteiger partial charge is 0.0944 e. The first-order valence-corrected chi connectivity index (χ1v) is 7.13. The third kappa shape index (κ3) is 3.27. The maximum absolute atomic E-state index is 5.78. The second-order valence-electron chi connectivity index (χ2n) is 4.40. The van der Waals surface area contributed by atoms with Crippen LogP contribution in [-0.4, -0.2) is 30.8 Å². The second kappa shape index (κ2) is 6.47. The van der Waals surface area contributed by atoms with E-state index in [9.17, 15) is 0 Å². The van der Waals surface area contributed by atoms with E-state index in [1.165, 1.54) is 5.01 Å². The Morgan fingerprint density at radius 2 is 2.12 bits per heavy atom. The Kier molecular flexibility index (Phi) is 5.56. The summed E-state index contributed by atoms with van der Waals surface area (Å²) in [5.74, 6) is 0. The molecular weight excluding hydrogens is 232 g/mol. The summed E-state index contributed by atoms with van der Waals surface area (Å²) in [6.07, 6.45) is 2.95. The van der Waals surface area contributed by atoms with Gasteiger partial charge in [0.25, 0.3) is 0 Å². The lowest BCUT2D eigenvalue weighted by atomic mass is 9.86. The van der Waals surface area contributed by atoms with Gasteiger partial charge in [-0.1, -0.05) is 13.8 Å². The maximum Gasteiger partial charge on any atom is 0.0944 e. The summed E-state index contributed by atoms with van der Waals surface area (Å²) in [6.45, 7) is 6.41. The van der Waals surface area contributed by atoms with Crippen LogP contribution in [0.4, 0.5) is 0 Å². The Bertz CT molecular complexity index is 326. The number of thiazole rings is 1. The van der Waals surface area contributed by atoms with Crippen LogP contribution in [0.5, 0.6) is 0 Å². The molecule has 0 aliphatic carbocycles. The molecule has 0 fully saturated rings. The van der Waals surface area contributed by atoms with Crippen LogP contribution in [0.2, 0.25) is 0 Å². The maximum atomic E-state index is 5.78. The van der Waals surface area contributed by atoms with Gasteiger partial charge in [0.05, 0.1) is 10.6 Å². The number of rotatable bonds is 7. The van der Waals surface area contributed by atoms with Gasteiger partial charge in [0.2, 0.25) is 0 Å². The number of aryl methyl sites for hydroxylation is 1. The molecule has 0 aliphatic rings. The fourth-order valence-electron chi connectivity index (χ4n) is 2.40. The standard InChI is InChI=1S/C13H24N2OS/c1-6-13(7-2,16-5)11(14-4)8-12-15-10(3)9-17-12/h9,11,14H,6-8H2,1-5H3. The Balaban J connectivity index is 2.82. The van der Waals surface area contributed by atoms with Crippen LogP contribution < -0.4 is 5.32 Å². The Labute approximate surface area is 109 Å². The summed E-state index contributed by atoms with van der Waals surface area (Å²) in [4.78, 5) is 4.54. The fraction of sp³-hybridized carbons (Fsp3) is 0.769. The van der Waals surface area contributed by atoms with E-state index in [0.717, 1.165) is 25.0 Å². The number of nitrogens with zero attached hydrogens (tertiary/aromatic N) is 1. The van der Waals surface area contributed by atoms with Crippen molar-refractivity contribution in [3.63, 3.8) is 0 Å². The molecule has 3 nitrogen and oxygen atoms in total. The molecule has 1 aromatic rings. The minimum Gasteiger partial charge on any atom is -0.377 e. The van der Waals surface area contributed by atoms with Gasteiger partial charge in [0.15, 0.2) is 0 Å². The quantitative estimate of drug-likeness (QED) is 0.814. The largest absolute Gasteiger partial charge is 0.377 e. The average Bonchev–Trinajstić information content (AvgIpc) is 2.76. The Hall–Kier alpha value is -0.450. The van der Waals surface area contributed by atoms with E-state index in [-0.39, 0.29) is 5.60 Å². The average molecular weight is 256 g/mol. The minimum atomic E-state index is -0.0890. The van der Waals surface area contributed by atoms with Gasteiger partial charge in [0.1, 0.15) is 0 Å². The van der Waals surface area contributed by atoms with Crippen molar-refractivity contribution in [1.82, 2.24) is 10.3 Å². The summed E-state index contributed by atoms with van der Waals surface area (Å²) in [7, 11) is 3.81. The number of nitrogens with one attached hydrogen (secondary N) is 1. The van der Waals surface area contributed by atoms with Crippen LogP contribution in [0, 0.1) is 6.92 Å². The Morgan fingerprint density at radius 1 is 1.47 bits per heavy atom. The zero-order valence-electron chi connectivity index (χ0n) is 11.5. The summed E-state index contributed by atoms with van der Waals surface area (Å²) in [5.41, 5.74) is 1.02. The van der Waals surface area contributed by atoms with Gasteiger partial charge in [0, 0.05) is 30.6 Å². The molecule has 0 aromatic carbocycles. The molecule has 0 saturated carbocycles. The number of likely N-dealkylation sites (N-methyl/N-ethyl adjacent to an activating group) is 1. The lowest BCUT2D eigenvalue weighted by Gasteiger charge is -2.38. The van der Waals surface area contributed by atoms with Gasteiger partial charge >= 0.3 is 0 Å². The number of ether oxygens (including phenoxy) is 1. The zero-order chi connectivity index (χ0) is 12.9. The topological polar surface area (TPSA) is 34.1 Å². The summed E-state index contributed by atoms with van der Waals surface area (Å²) >= 11 is 1.73. The molecule has 1 N–H and O–H groups in total. The molecular formula is C13H24N2OS. The molecule has 4 heteroatoms. The summed E-state index contributed by atoms with van der Waals surface area (Å²) < 4.78 is 5.78. The van der Waals surface area contributed by atoms with E-state index in [4.69, 9.17) is 4.74 Å². The van der Waals surface area contributed by atoms with Crippen LogP contribution >= 0.6 is 11.3 Å². The molecule has 1 atom stereocenters. The second-order valence-corrected chi connectivity index (χ2v) is 5.35. The molecule has 1 heterocycles. The number of aromatic nitrogens is 1. The van der Waals surface area contributed by atoms with Crippen LogP contribution in [0.3, 0.4) is 0 Å². The van der Waals surface area contributed by atoms with Crippen molar-refractivity contribution in [2.75, 3.05) is 14.2 Å². The van der Waals surface area contributed by atoms with Gasteiger partial charge in [-0.05, 0) is 26.8 Å². The molecule has 0 saturated heterocycles. The molecule has 0 aliphatic heterocycles. The molecule has 0 bridgehead atoms. The van der Waals surface area contributed by atoms with Crippen molar-refractivity contribution in [2.45, 2.75) is 51.7 Å². The van der Waals surface area contributed by atoms with Crippen LogP contribution in [0.1, 0.15) is 37.4 Å².